The summed E-state index contributed by atoms with van der Waals surface area (Å²) in [6, 6.07) is 0.679. The summed E-state index contributed by atoms with van der Waals surface area (Å²) in [5.41, 5.74) is 0. The Morgan fingerprint density at radius 3 is 2.93 bits per heavy atom. The summed E-state index contributed by atoms with van der Waals surface area (Å²) in [6.07, 6.45) is 0.426. The molecule has 1 saturated heterocycles. The number of hydrogen-bond donors (Lipinski definition) is 1. The molecule has 0 saturated carbocycles. The van der Waals surface area contributed by atoms with E-state index in [0.29, 0.717) is 18.5 Å². The molecule has 2 heterocycles. The Labute approximate surface area is 86.7 Å². The van der Waals surface area contributed by atoms with Gasteiger partial charge in [-0.25, -0.2) is 0 Å². The first-order valence-corrected chi connectivity index (χ1v) is 5.07. The summed E-state index contributed by atoms with van der Waals surface area (Å²) in [5, 5.41) is 17.1. The molecule has 6 heteroatoms. The highest BCUT2D eigenvalue weighted by Crippen LogP contribution is 2.24. The highest BCUT2D eigenvalue weighted by molar-refractivity contribution is 6.16. The Kier molecular flexibility index (Phi) is 2.60. The number of aromatic nitrogens is 2. The molecule has 0 aromatic carbocycles. The van der Waals surface area contributed by atoms with Gasteiger partial charge in [-0.2, -0.15) is 0 Å². The molecule has 1 aliphatic rings. The van der Waals surface area contributed by atoms with Gasteiger partial charge in [0.05, 0.1) is 6.10 Å². The average molecular weight is 218 g/mol. The second-order valence-electron chi connectivity index (χ2n) is 3.50. The van der Waals surface area contributed by atoms with Crippen molar-refractivity contribution >= 4 is 17.6 Å². The third-order valence-corrected chi connectivity index (χ3v) is 2.60. The zero-order valence-corrected chi connectivity index (χ0v) is 8.61. The van der Waals surface area contributed by atoms with Crippen molar-refractivity contribution in [1.29, 1.82) is 0 Å². The molecule has 2 unspecified atom stereocenters. The summed E-state index contributed by atoms with van der Waals surface area (Å²) in [4.78, 5) is 1.90. The van der Waals surface area contributed by atoms with Crippen LogP contribution in [0.1, 0.15) is 19.2 Å². The minimum atomic E-state index is -0.309. The topological polar surface area (TPSA) is 62.4 Å². The van der Waals surface area contributed by atoms with Gasteiger partial charge in [-0.3, -0.25) is 0 Å². The molecule has 0 radical (unpaired) electrons. The lowest BCUT2D eigenvalue weighted by Gasteiger charge is -2.17. The third kappa shape index (κ3) is 1.69. The van der Waals surface area contributed by atoms with Crippen molar-refractivity contribution in [3.05, 3.63) is 5.89 Å². The molecule has 0 amide bonds. The number of aliphatic hydroxyl groups excluding tert-OH is 1. The lowest BCUT2D eigenvalue weighted by atomic mass is 10.2. The maximum absolute atomic E-state index is 9.44. The molecule has 0 aliphatic carbocycles. The van der Waals surface area contributed by atoms with E-state index in [1.165, 1.54) is 0 Å². The lowest BCUT2D eigenvalue weighted by Crippen LogP contribution is -2.27. The van der Waals surface area contributed by atoms with E-state index in [1.54, 1.807) is 0 Å². The van der Waals surface area contributed by atoms with Gasteiger partial charge in [0.2, 0.25) is 5.89 Å². The molecule has 1 aromatic heterocycles. The molecule has 0 spiro atoms. The van der Waals surface area contributed by atoms with Crippen molar-refractivity contribution in [3.8, 4) is 0 Å². The van der Waals surface area contributed by atoms with E-state index >= 15 is 0 Å². The quantitative estimate of drug-likeness (QED) is 0.742. The predicted octanol–water partition coefficient (Wildman–Crippen LogP) is 0.768. The van der Waals surface area contributed by atoms with Crippen molar-refractivity contribution in [2.24, 2.45) is 0 Å². The average Bonchev–Trinajstić information content (AvgIpc) is 2.71. The van der Waals surface area contributed by atoms with Crippen molar-refractivity contribution in [3.63, 3.8) is 0 Å². The molecule has 1 aliphatic heterocycles. The van der Waals surface area contributed by atoms with E-state index in [0.717, 1.165) is 6.42 Å². The summed E-state index contributed by atoms with van der Waals surface area (Å²) in [7, 11) is 0. The fraction of sp³-hybridized carbons (Fsp3) is 0.750. The van der Waals surface area contributed by atoms with E-state index in [4.69, 9.17) is 16.0 Å². The Bertz CT molecular complexity index is 317. The number of nitrogens with zero attached hydrogens (tertiary/aromatic N) is 3. The normalized spacial score (nSPS) is 27.2. The number of aliphatic hydroxyl groups is 1. The first-order valence-electron chi connectivity index (χ1n) is 4.53. The number of anilines is 1. The van der Waals surface area contributed by atoms with Crippen molar-refractivity contribution < 1.29 is 9.52 Å². The van der Waals surface area contributed by atoms with Crippen LogP contribution in [0.5, 0.6) is 0 Å². The zero-order valence-electron chi connectivity index (χ0n) is 7.85. The number of rotatable bonds is 2. The van der Waals surface area contributed by atoms with Crippen LogP contribution in [0.15, 0.2) is 4.42 Å². The number of alkyl halides is 1. The molecule has 1 N–H and O–H groups in total. The lowest BCUT2D eigenvalue weighted by molar-refractivity contribution is 0.195. The summed E-state index contributed by atoms with van der Waals surface area (Å²) in [5.74, 6) is 0.632. The van der Waals surface area contributed by atoms with Crippen LogP contribution in [-0.4, -0.2) is 34.0 Å². The van der Waals surface area contributed by atoms with Gasteiger partial charge in [-0.05, 0) is 13.3 Å². The minimum Gasteiger partial charge on any atom is -0.407 e. The van der Waals surface area contributed by atoms with Gasteiger partial charge in [0.25, 0.3) is 0 Å². The van der Waals surface area contributed by atoms with Gasteiger partial charge >= 0.3 is 6.01 Å². The SMILES string of the molecule is CC1CC(O)CN1c1nnc(CCl)o1. The first-order chi connectivity index (χ1) is 6.70. The van der Waals surface area contributed by atoms with Gasteiger partial charge in [-0.15, -0.1) is 16.7 Å². The monoisotopic (exact) mass is 217 g/mol. The Morgan fingerprint density at radius 2 is 2.43 bits per heavy atom. The Hall–Kier alpha value is -0.810. The second kappa shape index (κ2) is 3.74. The highest BCUT2D eigenvalue weighted by atomic mass is 35.5. The van der Waals surface area contributed by atoms with E-state index in [-0.39, 0.29) is 18.0 Å². The minimum absolute atomic E-state index is 0.220. The summed E-state index contributed by atoms with van der Waals surface area (Å²) >= 11 is 5.55. The van der Waals surface area contributed by atoms with Crippen LogP contribution in [0, 0.1) is 0 Å². The predicted molar refractivity (Wildman–Crippen MR) is 51.3 cm³/mol. The summed E-state index contributed by atoms with van der Waals surface area (Å²) in [6.45, 7) is 2.56. The van der Waals surface area contributed by atoms with Gasteiger partial charge in [0.1, 0.15) is 5.88 Å². The molecule has 0 bridgehead atoms. The standard InChI is InChI=1S/C8H12ClN3O2/c1-5-2-6(13)4-12(5)8-11-10-7(3-9)14-8/h5-6,13H,2-4H2,1H3. The summed E-state index contributed by atoms with van der Waals surface area (Å²) < 4.78 is 5.30. The van der Waals surface area contributed by atoms with Crippen LogP contribution >= 0.6 is 11.6 Å². The molecule has 2 atom stereocenters. The molecule has 14 heavy (non-hydrogen) atoms. The van der Waals surface area contributed by atoms with E-state index < -0.39 is 0 Å². The number of β-amino-alcohol motifs (C(OH)–C–C–N with tert-alkyl or cyclic N) is 1. The van der Waals surface area contributed by atoms with E-state index in [1.807, 2.05) is 11.8 Å². The van der Waals surface area contributed by atoms with E-state index in [9.17, 15) is 5.11 Å². The van der Waals surface area contributed by atoms with Gasteiger partial charge < -0.3 is 14.4 Å². The van der Waals surface area contributed by atoms with Gasteiger partial charge in [0.15, 0.2) is 0 Å². The first kappa shape index (κ1) is 9.73. The Morgan fingerprint density at radius 1 is 1.64 bits per heavy atom. The van der Waals surface area contributed by atoms with Crippen LogP contribution in [0.25, 0.3) is 0 Å². The van der Waals surface area contributed by atoms with Crippen LogP contribution < -0.4 is 4.90 Å². The highest BCUT2D eigenvalue weighted by Gasteiger charge is 2.30. The molecule has 5 nitrogen and oxygen atoms in total. The van der Waals surface area contributed by atoms with Crippen LogP contribution in [0.2, 0.25) is 0 Å². The number of hydrogen-bond acceptors (Lipinski definition) is 5. The molecular weight excluding hydrogens is 206 g/mol. The van der Waals surface area contributed by atoms with Crippen molar-refractivity contribution in [2.75, 3.05) is 11.4 Å². The maximum Gasteiger partial charge on any atom is 0.318 e. The van der Waals surface area contributed by atoms with Gasteiger partial charge in [-0.1, -0.05) is 5.10 Å². The molecule has 1 fully saturated rings. The van der Waals surface area contributed by atoms with E-state index in [2.05, 4.69) is 10.2 Å². The maximum atomic E-state index is 9.44. The fourth-order valence-electron chi connectivity index (χ4n) is 1.68. The zero-order chi connectivity index (χ0) is 10.1. The fourth-order valence-corrected chi connectivity index (χ4v) is 1.79. The molecule has 1 aromatic rings. The number of halogens is 1. The molecule has 2 rings (SSSR count). The van der Waals surface area contributed by atoms with Gasteiger partial charge in [0, 0.05) is 12.6 Å². The van der Waals surface area contributed by atoms with Crippen LogP contribution in [0.3, 0.4) is 0 Å². The Balaban J connectivity index is 2.14. The smallest absolute Gasteiger partial charge is 0.318 e. The van der Waals surface area contributed by atoms with Crippen LogP contribution in [-0.2, 0) is 5.88 Å². The third-order valence-electron chi connectivity index (χ3n) is 2.37. The largest absolute Gasteiger partial charge is 0.407 e. The van der Waals surface area contributed by atoms with Crippen LogP contribution in [0.4, 0.5) is 6.01 Å². The molecular formula is C8H12ClN3O2. The van der Waals surface area contributed by atoms with Crippen molar-refractivity contribution in [2.45, 2.75) is 31.4 Å². The van der Waals surface area contributed by atoms with Crippen molar-refractivity contribution in [1.82, 2.24) is 10.2 Å². The molecule has 78 valence electrons. The second-order valence-corrected chi connectivity index (χ2v) is 3.77.